The fraction of sp³-hybridized carbons (Fsp3) is 0.579. The van der Waals surface area contributed by atoms with Gasteiger partial charge >= 0.3 is 12.2 Å². The first-order valence-corrected chi connectivity index (χ1v) is 17.4. The average molecular weight is 691 g/mol. The fourth-order valence-electron chi connectivity index (χ4n) is 5.75. The molecule has 2 aliphatic carbocycles. The van der Waals surface area contributed by atoms with Crippen LogP contribution in [0.25, 0.3) is 22.1 Å². The van der Waals surface area contributed by atoms with Gasteiger partial charge in [-0.05, 0) is 114 Å². The lowest BCUT2D eigenvalue weighted by Crippen LogP contribution is -2.34. The minimum absolute atomic E-state index is 0.359. The van der Waals surface area contributed by atoms with Crippen LogP contribution < -0.4 is 0 Å². The van der Waals surface area contributed by atoms with E-state index in [0.29, 0.717) is 38.4 Å². The molecule has 12 heteroatoms. The first-order chi connectivity index (χ1) is 23.6. The van der Waals surface area contributed by atoms with Gasteiger partial charge in [0.15, 0.2) is 0 Å². The van der Waals surface area contributed by atoms with Gasteiger partial charge in [-0.1, -0.05) is 12.1 Å². The van der Waals surface area contributed by atoms with Gasteiger partial charge in [0.2, 0.25) is 0 Å². The summed E-state index contributed by atoms with van der Waals surface area (Å²) in [5.74, 6) is 2.95. The van der Waals surface area contributed by atoms with Gasteiger partial charge in [-0.2, -0.15) is 0 Å². The number of nitrogens with zero attached hydrogens (tertiary/aromatic N) is 6. The number of benzene rings is 2. The molecule has 0 bridgehead atoms. The maximum absolute atomic E-state index is 12.2. The normalized spacial score (nSPS) is 14.8. The van der Waals surface area contributed by atoms with Crippen LogP contribution in [-0.4, -0.2) is 80.6 Å². The van der Waals surface area contributed by atoms with Gasteiger partial charge in [-0.25, -0.2) is 19.6 Å². The third kappa shape index (κ3) is 9.54. The van der Waals surface area contributed by atoms with E-state index in [1.165, 1.54) is 36.8 Å². The van der Waals surface area contributed by atoms with Crippen LogP contribution in [0.15, 0.2) is 36.4 Å². The van der Waals surface area contributed by atoms with Crippen LogP contribution in [0.4, 0.5) is 9.59 Å². The summed E-state index contributed by atoms with van der Waals surface area (Å²) < 4.78 is 25.6. The Morgan fingerprint density at radius 3 is 1.58 bits per heavy atom. The van der Waals surface area contributed by atoms with Crippen LogP contribution in [0.3, 0.4) is 0 Å². The van der Waals surface area contributed by atoms with Crippen molar-refractivity contribution in [2.75, 3.05) is 28.3 Å². The molecule has 2 heterocycles. The second-order valence-electron chi connectivity index (χ2n) is 15.5. The molecule has 0 spiro atoms. The van der Waals surface area contributed by atoms with Gasteiger partial charge in [-0.3, -0.25) is 0 Å². The van der Waals surface area contributed by atoms with Crippen molar-refractivity contribution in [1.82, 2.24) is 28.9 Å². The van der Waals surface area contributed by atoms with Crippen molar-refractivity contribution >= 4 is 34.3 Å². The first-order valence-electron chi connectivity index (χ1n) is 17.4. The number of methoxy groups -OCH3 is 2. The van der Waals surface area contributed by atoms with Crippen molar-refractivity contribution in [2.24, 2.45) is 0 Å². The minimum atomic E-state index is -0.517. The van der Waals surface area contributed by atoms with Crippen molar-refractivity contribution in [2.45, 2.75) is 117 Å². The van der Waals surface area contributed by atoms with Crippen LogP contribution >= 0.6 is 0 Å². The lowest BCUT2D eigenvalue weighted by molar-refractivity contribution is 0.0265. The van der Waals surface area contributed by atoms with Crippen LogP contribution in [0, 0.1) is 0 Å². The smallest absolute Gasteiger partial charge is 0.410 e. The Labute approximate surface area is 295 Å². The molecule has 2 aromatic carbocycles. The number of fused-ring (bicyclic) bond motifs is 2. The summed E-state index contributed by atoms with van der Waals surface area (Å²) in [6.07, 6.45) is 4.33. The molecule has 2 aliphatic rings. The number of rotatable bonds is 10. The maximum atomic E-state index is 12.2. The Hall–Kier alpha value is -4.16. The van der Waals surface area contributed by atoms with Crippen LogP contribution in [0.5, 0.6) is 0 Å². The van der Waals surface area contributed by atoms with E-state index in [1.807, 2.05) is 50.7 Å². The zero-order chi connectivity index (χ0) is 36.4. The number of ether oxygens (including phenoxy) is 4. The second kappa shape index (κ2) is 15.0. The van der Waals surface area contributed by atoms with E-state index in [1.54, 1.807) is 38.1 Å². The topological polar surface area (TPSA) is 113 Å². The van der Waals surface area contributed by atoms with Gasteiger partial charge < -0.3 is 37.9 Å². The standard InChI is InChI=1S/2C19H27N3O3/c1-19(2,3)25-18(23)21(4)11-17-20-15-10-14(13-6-7-13)8-9-16(15)22(17)12-24-5;1-19(2,3)25-18(23)21(4)11-17-20-15-9-8-14(13-6-7-13)10-16(15)22(17)12-24-5/h2*8-10,13H,6-7,11-12H2,1-5H3. The molecule has 0 saturated heterocycles. The average Bonchev–Trinajstić information content (AvgIpc) is 3.96. The summed E-state index contributed by atoms with van der Waals surface area (Å²) in [5, 5.41) is 0. The number of hydrogen-bond donors (Lipinski definition) is 0. The van der Waals surface area contributed by atoms with Gasteiger partial charge in [0.1, 0.15) is 36.3 Å². The predicted octanol–water partition coefficient (Wildman–Crippen LogP) is 7.77. The third-order valence-corrected chi connectivity index (χ3v) is 8.48. The van der Waals surface area contributed by atoms with Gasteiger partial charge in [0.25, 0.3) is 0 Å². The van der Waals surface area contributed by atoms with Crippen molar-refractivity contribution in [1.29, 1.82) is 0 Å². The van der Waals surface area contributed by atoms with Gasteiger partial charge in [0.05, 0.1) is 35.2 Å². The van der Waals surface area contributed by atoms with Crippen molar-refractivity contribution in [3.63, 3.8) is 0 Å². The van der Waals surface area contributed by atoms with Crippen LogP contribution in [-0.2, 0) is 45.5 Å². The van der Waals surface area contributed by atoms with Gasteiger partial charge in [0, 0.05) is 28.3 Å². The molecule has 2 fully saturated rings. The molecule has 0 atom stereocenters. The van der Waals surface area contributed by atoms with E-state index < -0.39 is 11.2 Å². The van der Waals surface area contributed by atoms with Crippen molar-refractivity contribution < 1.29 is 28.5 Å². The Kier molecular flexibility index (Phi) is 11.1. The van der Waals surface area contributed by atoms with E-state index in [9.17, 15) is 9.59 Å². The lowest BCUT2D eigenvalue weighted by atomic mass is 10.1. The maximum Gasteiger partial charge on any atom is 0.410 e. The fourth-order valence-corrected chi connectivity index (χ4v) is 5.75. The first kappa shape index (κ1) is 37.1. The number of amides is 2. The molecule has 0 radical (unpaired) electrons. The highest BCUT2D eigenvalue weighted by atomic mass is 16.6. The summed E-state index contributed by atoms with van der Waals surface area (Å²) in [4.78, 5) is 37.0. The number of carbonyl (C=O) groups excluding carboxylic acids is 2. The molecule has 0 unspecified atom stereocenters. The predicted molar refractivity (Wildman–Crippen MR) is 193 cm³/mol. The van der Waals surface area contributed by atoms with E-state index in [2.05, 4.69) is 36.4 Å². The Morgan fingerprint density at radius 1 is 0.680 bits per heavy atom. The lowest BCUT2D eigenvalue weighted by Gasteiger charge is -2.24. The molecule has 2 amide bonds. The highest BCUT2D eigenvalue weighted by Gasteiger charge is 2.27. The van der Waals surface area contributed by atoms with E-state index in [0.717, 1.165) is 33.7 Å². The summed E-state index contributed by atoms with van der Waals surface area (Å²) in [6, 6.07) is 12.9. The Bertz CT molecular complexity index is 1770. The molecule has 4 aromatic rings. The summed E-state index contributed by atoms with van der Waals surface area (Å²) in [7, 11) is 6.77. The van der Waals surface area contributed by atoms with Crippen LogP contribution in [0.2, 0.25) is 0 Å². The Balaban J connectivity index is 0.000000194. The summed E-state index contributed by atoms with van der Waals surface area (Å²) in [6.45, 7) is 12.7. The molecule has 0 aliphatic heterocycles. The molecule has 272 valence electrons. The largest absolute Gasteiger partial charge is 0.444 e. The summed E-state index contributed by atoms with van der Waals surface area (Å²) >= 11 is 0. The molecule has 50 heavy (non-hydrogen) atoms. The Morgan fingerprint density at radius 2 is 1.12 bits per heavy atom. The number of aromatic nitrogens is 4. The molecular formula is C38H54N6O6. The molecular weight excluding hydrogens is 636 g/mol. The quantitative estimate of drug-likeness (QED) is 0.166. The summed E-state index contributed by atoms with van der Waals surface area (Å²) in [5.41, 5.74) is 5.63. The van der Waals surface area contributed by atoms with E-state index in [-0.39, 0.29) is 12.2 Å². The highest BCUT2D eigenvalue weighted by molar-refractivity contribution is 5.78. The molecule has 12 nitrogen and oxygen atoms in total. The highest BCUT2D eigenvalue weighted by Crippen LogP contribution is 2.41. The molecule has 6 rings (SSSR count). The van der Waals surface area contributed by atoms with Crippen molar-refractivity contribution in [3.05, 3.63) is 59.2 Å². The minimum Gasteiger partial charge on any atom is -0.444 e. The zero-order valence-electron chi connectivity index (χ0n) is 31.4. The zero-order valence-corrected chi connectivity index (χ0v) is 31.4. The number of hydrogen-bond acceptors (Lipinski definition) is 8. The number of carbonyl (C=O) groups is 2. The van der Waals surface area contributed by atoms with Crippen molar-refractivity contribution in [3.8, 4) is 0 Å². The van der Waals surface area contributed by atoms with Gasteiger partial charge in [-0.15, -0.1) is 0 Å². The third-order valence-electron chi connectivity index (χ3n) is 8.48. The number of imidazole rings is 2. The molecule has 0 N–H and O–H groups in total. The molecule has 2 saturated carbocycles. The molecule has 2 aromatic heterocycles. The monoisotopic (exact) mass is 690 g/mol. The SMILES string of the molecule is COCn1c(CN(C)C(=O)OC(C)(C)C)nc2cc(C3CC3)ccc21.COCn1c(CN(C)C(=O)OC(C)(C)C)nc2ccc(C3CC3)cc21. The van der Waals surface area contributed by atoms with Crippen LogP contribution in [0.1, 0.15) is 102 Å². The second-order valence-corrected chi connectivity index (χ2v) is 15.5. The van der Waals surface area contributed by atoms with E-state index in [4.69, 9.17) is 28.9 Å². The van der Waals surface area contributed by atoms with E-state index >= 15 is 0 Å².